The molecule has 1 aromatic heterocycles. The van der Waals surface area contributed by atoms with Crippen LogP contribution in [0.4, 0.5) is 0 Å². The van der Waals surface area contributed by atoms with Crippen molar-refractivity contribution in [3.63, 3.8) is 0 Å². The minimum atomic E-state index is -0.379. The summed E-state index contributed by atoms with van der Waals surface area (Å²) >= 11 is 3.43. The Hall–Kier alpha value is -1.66. The molecule has 2 N–H and O–H groups in total. The highest BCUT2D eigenvalue weighted by atomic mass is 79.9. The van der Waals surface area contributed by atoms with Crippen LogP contribution in [0.25, 0.3) is 5.69 Å². The van der Waals surface area contributed by atoms with Gasteiger partial charge in [0.2, 0.25) is 0 Å². The van der Waals surface area contributed by atoms with Crippen molar-refractivity contribution in [1.29, 1.82) is 0 Å². The second-order valence-electron chi connectivity index (χ2n) is 4.39. The fourth-order valence-electron chi connectivity index (χ4n) is 1.87. The zero-order valence-corrected chi connectivity index (χ0v) is 12.9. The van der Waals surface area contributed by atoms with Gasteiger partial charge in [-0.15, -0.1) is 0 Å². The molecular weight excluding hydrogens is 322 g/mol. The van der Waals surface area contributed by atoms with Gasteiger partial charge in [0.25, 0.3) is 0 Å². The molecule has 6 heteroatoms. The maximum Gasteiger partial charge on any atom is 0.341 e. The Morgan fingerprint density at radius 3 is 2.95 bits per heavy atom. The minimum absolute atomic E-state index is 0.131. The van der Waals surface area contributed by atoms with Crippen molar-refractivity contribution in [2.45, 2.75) is 19.9 Å². The number of carbonyl (C=O) groups excluding carboxylic acids is 1. The van der Waals surface area contributed by atoms with Gasteiger partial charge in [-0.2, -0.15) is 5.10 Å². The molecule has 2 aromatic rings. The zero-order chi connectivity index (χ0) is 14.7. The number of nitrogens with two attached hydrogens (primary N) is 1. The first-order valence-electron chi connectivity index (χ1n) is 6.30. The Morgan fingerprint density at radius 2 is 2.30 bits per heavy atom. The topological polar surface area (TPSA) is 70.1 Å². The number of carbonyl (C=O) groups is 1. The molecule has 0 radical (unpaired) electrons. The van der Waals surface area contributed by atoms with Crippen LogP contribution < -0.4 is 5.73 Å². The Kier molecular flexibility index (Phi) is 4.57. The molecule has 1 heterocycles. The highest BCUT2D eigenvalue weighted by molar-refractivity contribution is 9.10. The summed E-state index contributed by atoms with van der Waals surface area (Å²) < 4.78 is 7.51. The van der Waals surface area contributed by atoms with Crippen LogP contribution in [0.1, 0.15) is 35.8 Å². The zero-order valence-electron chi connectivity index (χ0n) is 11.3. The number of benzene rings is 1. The van der Waals surface area contributed by atoms with Crippen LogP contribution in [0.2, 0.25) is 0 Å². The van der Waals surface area contributed by atoms with E-state index < -0.39 is 0 Å². The van der Waals surface area contributed by atoms with E-state index in [1.54, 1.807) is 17.8 Å². The monoisotopic (exact) mass is 337 g/mol. The van der Waals surface area contributed by atoms with Crippen LogP contribution in [0.5, 0.6) is 0 Å². The lowest BCUT2D eigenvalue weighted by atomic mass is 10.1. The third-order valence-electron chi connectivity index (χ3n) is 2.82. The number of esters is 1. The molecule has 1 atom stereocenters. The van der Waals surface area contributed by atoms with Crippen LogP contribution >= 0.6 is 15.9 Å². The van der Waals surface area contributed by atoms with E-state index in [0.717, 1.165) is 15.7 Å². The van der Waals surface area contributed by atoms with E-state index in [1.165, 1.54) is 6.20 Å². The fourth-order valence-corrected chi connectivity index (χ4v) is 2.22. The molecule has 0 spiro atoms. The van der Waals surface area contributed by atoms with Gasteiger partial charge < -0.3 is 10.5 Å². The van der Waals surface area contributed by atoms with Crippen LogP contribution in [0.15, 0.2) is 35.1 Å². The van der Waals surface area contributed by atoms with Crippen molar-refractivity contribution >= 4 is 21.9 Å². The lowest BCUT2D eigenvalue weighted by molar-refractivity contribution is 0.0526. The van der Waals surface area contributed by atoms with Crippen molar-refractivity contribution in [1.82, 2.24) is 9.78 Å². The molecule has 1 unspecified atom stereocenters. The van der Waals surface area contributed by atoms with E-state index in [-0.39, 0.29) is 12.0 Å². The molecule has 0 aliphatic heterocycles. The van der Waals surface area contributed by atoms with Crippen molar-refractivity contribution in [3.05, 3.63) is 46.2 Å². The highest BCUT2D eigenvalue weighted by Gasteiger charge is 2.14. The summed E-state index contributed by atoms with van der Waals surface area (Å²) in [7, 11) is 0. The van der Waals surface area contributed by atoms with Crippen LogP contribution in [-0.2, 0) is 4.74 Å². The predicted octanol–water partition coefficient (Wildman–Crippen LogP) is 2.83. The smallest absolute Gasteiger partial charge is 0.341 e. The molecule has 0 fully saturated rings. The standard InChI is InChI=1S/C14H16BrN3O2/c1-3-20-14(19)10-7-17-18(8-10)13-6-11(15)4-5-12(13)9(2)16/h4-9H,3,16H2,1-2H3. The number of ether oxygens (including phenoxy) is 1. The molecule has 0 saturated carbocycles. The van der Waals surface area contributed by atoms with Crippen molar-refractivity contribution in [3.8, 4) is 5.69 Å². The largest absolute Gasteiger partial charge is 0.462 e. The summed E-state index contributed by atoms with van der Waals surface area (Å²) in [5, 5.41) is 4.21. The Morgan fingerprint density at radius 1 is 1.55 bits per heavy atom. The highest BCUT2D eigenvalue weighted by Crippen LogP contribution is 2.24. The van der Waals surface area contributed by atoms with Gasteiger partial charge in [-0.25, -0.2) is 9.48 Å². The molecule has 0 saturated heterocycles. The Balaban J connectivity index is 2.41. The lowest BCUT2D eigenvalue weighted by Gasteiger charge is -2.13. The molecular formula is C14H16BrN3O2. The first-order chi connectivity index (χ1) is 9.52. The van der Waals surface area contributed by atoms with E-state index in [0.29, 0.717) is 12.2 Å². The Labute approximate surface area is 125 Å². The van der Waals surface area contributed by atoms with Crippen LogP contribution in [-0.4, -0.2) is 22.4 Å². The summed E-state index contributed by atoms with van der Waals surface area (Å²) in [4.78, 5) is 11.7. The second-order valence-corrected chi connectivity index (χ2v) is 5.30. The second kappa shape index (κ2) is 6.19. The average Bonchev–Trinajstić information content (AvgIpc) is 2.88. The summed E-state index contributed by atoms with van der Waals surface area (Å²) in [5.74, 6) is -0.379. The molecule has 5 nitrogen and oxygen atoms in total. The van der Waals surface area contributed by atoms with Crippen molar-refractivity contribution < 1.29 is 9.53 Å². The van der Waals surface area contributed by atoms with Gasteiger partial charge in [-0.1, -0.05) is 22.0 Å². The summed E-state index contributed by atoms with van der Waals surface area (Å²) in [6, 6.07) is 5.65. The first-order valence-corrected chi connectivity index (χ1v) is 7.09. The van der Waals surface area contributed by atoms with Gasteiger partial charge in [0.15, 0.2) is 0 Å². The Bertz CT molecular complexity index is 623. The molecule has 1 aromatic carbocycles. The number of rotatable bonds is 4. The van der Waals surface area contributed by atoms with Gasteiger partial charge in [0, 0.05) is 16.7 Å². The lowest BCUT2D eigenvalue weighted by Crippen LogP contribution is -2.10. The van der Waals surface area contributed by atoms with Gasteiger partial charge in [-0.05, 0) is 31.5 Å². The normalized spacial score (nSPS) is 12.2. The first kappa shape index (κ1) is 14.7. The van der Waals surface area contributed by atoms with E-state index in [2.05, 4.69) is 21.0 Å². The van der Waals surface area contributed by atoms with Gasteiger partial charge in [0.05, 0.1) is 24.1 Å². The fraction of sp³-hybridized carbons (Fsp3) is 0.286. The molecule has 2 rings (SSSR count). The molecule has 0 bridgehead atoms. The van der Waals surface area contributed by atoms with Gasteiger partial charge >= 0.3 is 5.97 Å². The third-order valence-corrected chi connectivity index (χ3v) is 3.32. The van der Waals surface area contributed by atoms with Crippen molar-refractivity contribution in [2.75, 3.05) is 6.61 Å². The molecule has 0 aliphatic carbocycles. The van der Waals surface area contributed by atoms with Gasteiger partial charge in [0.1, 0.15) is 0 Å². The SMILES string of the molecule is CCOC(=O)c1cnn(-c2cc(Br)ccc2C(C)N)c1. The van der Waals surface area contributed by atoms with E-state index >= 15 is 0 Å². The molecule has 0 amide bonds. The quantitative estimate of drug-likeness (QED) is 0.871. The van der Waals surface area contributed by atoms with Crippen LogP contribution in [0.3, 0.4) is 0 Å². The van der Waals surface area contributed by atoms with Crippen molar-refractivity contribution in [2.24, 2.45) is 5.73 Å². The summed E-state index contributed by atoms with van der Waals surface area (Å²) in [5.41, 5.74) is 8.18. The molecule has 0 aliphatic rings. The van der Waals surface area contributed by atoms with E-state index in [1.807, 2.05) is 25.1 Å². The van der Waals surface area contributed by atoms with E-state index in [9.17, 15) is 4.79 Å². The molecule has 20 heavy (non-hydrogen) atoms. The maximum atomic E-state index is 11.7. The number of halogens is 1. The minimum Gasteiger partial charge on any atom is -0.462 e. The van der Waals surface area contributed by atoms with E-state index in [4.69, 9.17) is 10.5 Å². The number of aromatic nitrogens is 2. The number of hydrogen-bond acceptors (Lipinski definition) is 4. The maximum absolute atomic E-state index is 11.7. The predicted molar refractivity (Wildman–Crippen MR) is 79.8 cm³/mol. The summed E-state index contributed by atoms with van der Waals surface area (Å²) in [6.07, 6.45) is 3.13. The number of hydrogen-bond donors (Lipinski definition) is 1. The third kappa shape index (κ3) is 3.08. The summed E-state index contributed by atoms with van der Waals surface area (Å²) in [6.45, 7) is 4.01. The van der Waals surface area contributed by atoms with Crippen LogP contribution in [0, 0.1) is 0 Å². The molecule has 106 valence electrons. The average molecular weight is 338 g/mol. The number of nitrogens with zero attached hydrogens (tertiary/aromatic N) is 2. The van der Waals surface area contributed by atoms with Gasteiger partial charge in [-0.3, -0.25) is 0 Å².